The number of aliphatic hydroxyl groups is 2. The molecule has 2 heterocycles. The number of ether oxygens (including phenoxy) is 5. The average molecular weight is 587 g/mol. The predicted molar refractivity (Wildman–Crippen MR) is 152 cm³/mol. The highest BCUT2D eigenvalue weighted by molar-refractivity contribution is 5.83. The molecule has 10 nitrogen and oxygen atoms in total. The summed E-state index contributed by atoms with van der Waals surface area (Å²) in [5, 5.41) is 22.4. The van der Waals surface area contributed by atoms with Crippen molar-refractivity contribution in [3.63, 3.8) is 0 Å². The average Bonchev–Trinajstić information content (AvgIpc) is 2.89. The molecule has 2 aliphatic rings. The van der Waals surface area contributed by atoms with Crippen LogP contribution in [0.15, 0.2) is 0 Å². The Morgan fingerprint density at radius 1 is 1.05 bits per heavy atom. The normalized spacial score (nSPS) is 45.4. The van der Waals surface area contributed by atoms with Gasteiger partial charge in [-0.25, -0.2) is 0 Å². The molecular formula is C31H54O10. The minimum absolute atomic E-state index is 0.109. The summed E-state index contributed by atoms with van der Waals surface area (Å²) in [6.45, 7) is 17.4. The number of esters is 2. The molecule has 0 aromatic heterocycles. The monoisotopic (exact) mass is 586 g/mol. The van der Waals surface area contributed by atoms with Crippen LogP contribution in [0.1, 0.15) is 94.9 Å². The van der Waals surface area contributed by atoms with E-state index in [1.54, 1.807) is 34.8 Å². The third-order valence-corrected chi connectivity index (χ3v) is 9.28. The van der Waals surface area contributed by atoms with E-state index in [2.05, 4.69) is 6.92 Å². The molecule has 0 spiro atoms. The minimum Gasteiger partial charge on any atom is -0.459 e. The Kier molecular flexibility index (Phi) is 12.4. The van der Waals surface area contributed by atoms with Crippen LogP contribution in [-0.2, 0) is 38.1 Å². The molecule has 0 radical (unpaired) electrons. The largest absolute Gasteiger partial charge is 0.459 e. The van der Waals surface area contributed by atoms with Gasteiger partial charge in [-0.05, 0) is 58.8 Å². The maximum atomic E-state index is 13.6. The quantitative estimate of drug-likeness (QED) is 0.457. The second-order valence-electron chi connectivity index (χ2n) is 13.1. The molecule has 0 aromatic rings. The fraction of sp³-hybridized carbons (Fsp3) is 0.903. The lowest BCUT2D eigenvalue weighted by molar-refractivity contribution is -0.298. The molecule has 2 aliphatic heterocycles. The number of cyclic esters (lactones) is 1. The first-order valence-electron chi connectivity index (χ1n) is 15.1. The van der Waals surface area contributed by atoms with Gasteiger partial charge in [-0.15, -0.1) is 0 Å². The van der Waals surface area contributed by atoms with Gasteiger partial charge in [0.2, 0.25) is 0 Å². The number of carbonyl (C=O) groups excluding carboxylic acids is 3. The van der Waals surface area contributed by atoms with Gasteiger partial charge >= 0.3 is 11.9 Å². The van der Waals surface area contributed by atoms with E-state index in [4.69, 9.17) is 23.7 Å². The van der Waals surface area contributed by atoms with Crippen LogP contribution in [0.2, 0.25) is 0 Å². The molecule has 238 valence electrons. The van der Waals surface area contributed by atoms with Crippen molar-refractivity contribution >= 4 is 17.7 Å². The Balaban J connectivity index is 2.42. The molecule has 2 saturated heterocycles. The van der Waals surface area contributed by atoms with E-state index in [1.165, 1.54) is 13.8 Å². The summed E-state index contributed by atoms with van der Waals surface area (Å²) in [7, 11) is 1.55. The highest BCUT2D eigenvalue weighted by Crippen LogP contribution is 2.38. The zero-order valence-electron chi connectivity index (χ0n) is 26.8. The van der Waals surface area contributed by atoms with Crippen LogP contribution >= 0.6 is 0 Å². The lowest BCUT2D eigenvalue weighted by Gasteiger charge is -2.47. The molecule has 0 bridgehead atoms. The first kappa shape index (κ1) is 35.6. The van der Waals surface area contributed by atoms with Crippen LogP contribution in [-0.4, -0.2) is 83.1 Å². The molecule has 0 amide bonds. The van der Waals surface area contributed by atoms with Crippen molar-refractivity contribution in [2.45, 2.75) is 143 Å². The summed E-state index contributed by atoms with van der Waals surface area (Å²) in [6, 6.07) is 0. The maximum absolute atomic E-state index is 13.6. The molecule has 2 N–H and O–H groups in total. The molecule has 41 heavy (non-hydrogen) atoms. The SMILES string of the molecule is CC[C@H]1OC(=O)[C@H](C)[C@@H](O[C@H]2C[C@@](C)(OC)[C@@H](OC(C)=O)[C@H](C)O2)[C@H](C)C[C@@H](C)C[C@@H](C)C(=O)[C@H](C)[C@@H](O)[C@]1(C)O. The van der Waals surface area contributed by atoms with E-state index in [9.17, 15) is 24.6 Å². The molecule has 2 fully saturated rings. The molecule has 13 atom stereocenters. The highest BCUT2D eigenvalue weighted by atomic mass is 16.7. The van der Waals surface area contributed by atoms with Gasteiger partial charge in [0.1, 0.15) is 23.1 Å². The van der Waals surface area contributed by atoms with E-state index in [-0.39, 0.29) is 36.4 Å². The van der Waals surface area contributed by atoms with Crippen molar-refractivity contribution in [2.24, 2.45) is 29.6 Å². The Bertz CT molecular complexity index is 905. The molecule has 0 aliphatic carbocycles. The predicted octanol–water partition coefficient (Wildman–Crippen LogP) is 3.82. The molecule has 2 rings (SSSR count). The topological polar surface area (TPSA) is 138 Å². The van der Waals surface area contributed by atoms with Crippen LogP contribution in [0, 0.1) is 29.6 Å². The third-order valence-electron chi connectivity index (χ3n) is 9.28. The van der Waals surface area contributed by atoms with Crippen molar-refractivity contribution in [3.05, 3.63) is 0 Å². The molecule has 0 saturated carbocycles. The van der Waals surface area contributed by atoms with Crippen molar-refractivity contribution in [1.29, 1.82) is 0 Å². The number of hydrogen-bond acceptors (Lipinski definition) is 10. The summed E-state index contributed by atoms with van der Waals surface area (Å²) in [4.78, 5) is 38.5. The van der Waals surface area contributed by atoms with E-state index in [1.807, 2.05) is 20.8 Å². The fourth-order valence-corrected chi connectivity index (χ4v) is 6.78. The van der Waals surface area contributed by atoms with E-state index < -0.39 is 71.8 Å². The van der Waals surface area contributed by atoms with Gasteiger partial charge in [0.05, 0.1) is 24.2 Å². The Labute approximate surface area is 245 Å². The maximum Gasteiger partial charge on any atom is 0.311 e. The Morgan fingerprint density at radius 2 is 1.66 bits per heavy atom. The van der Waals surface area contributed by atoms with Gasteiger partial charge in [0, 0.05) is 32.3 Å². The van der Waals surface area contributed by atoms with Gasteiger partial charge in [-0.3, -0.25) is 14.4 Å². The second-order valence-corrected chi connectivity index (χ2v) is 13.1. The minimum atomic E-state index is -1.84. The van der Waals surface area contributed by atoms with E-state index in [0.717, 1.165) is 0 Å². The van der Waals surface area contributed by atoms with Crippen LogP contribution in [0.3, 0.4) is 0 Å². The number of carbonyl (C=O) groups is 3. The summed E-state index contributed by atoms with van der Waals surface area (Å²) in [6.07, 6.45) is -3.26. The highest BCUT2D eigenvalue weighted by Gasteiger charge is 2.50. The number of aliphatic hydroxyl groups excluding tert-OH is 1. The molecule has 0 aromatic carbocycles. The van der Waals surface area contributed by atoms with Crippen LogP contribution in [0.25, 0.3) is 0 Å². The smallest absolute Gasteiger partial charge is 0.311 e. The van der Waals surface area contributed by atoms with Crippen LogP contribution in [0.5, 0.6) is 0 Å². The zero-order chi connectivity index (χ0) is 31.4. The molecular weight excluding hydrogens is 532 g/mol. The fourth-order valence-electron chi connectivity index (χ4n) is 6.78. The van der Waals surface area contributed by atoms with Crippen LogP contribution in [0.4, 0.5) is 0 Å². The number of Topliss-reactive ketones (excluding diaryl/α,β-unsaturated/α-hetero) is 1. The summed E-state index contributed by atoms with van der Waals surface area (Å²) < 4.78 is 29.8. The van der Waals surface area contributed by atoms with Crippen LogP contribution < -0.4 is 0 Å². The van der Waals surface area contributed by atoms with Gasteiger partial charge in [-0.1, -0.05) is 34.6 Å². The van der Waals surface area contributed by atoms with Crippen molar-refractivity contribution < 1.29 is 48.3 Å². The third kappa shape index (κ3) is 8.28. The number of hydrogen-bond donors (Lipinski definition) is 2. The summed E-state index contributed by atoms with van der Waals surface area (Å²) >= 11 is 0. The standard InChI is InChI=1S/C31H54O10/c1-12-23-31(10,36)27(34)19(5)25(33)17(3)13-16(2)14-18(4)26(20(6)29(35)40-23)41-24-15-30(9,37-11)28(21(7)38-24)39-22(8)32/h16-21,23-24,26-28,34,36H,12-15H2,1-11H3/t16-,17+,18+,19-,20+,21-,23+,24-,26-,27+,28-,30+,31+/m0/s1. The molecule has 10 heteroatoms. The van der Waals surface area contributed by atoms with Crippen molar-refractivity contribution in [1.82, 2.24) is 0 Å². The van der Waals surface area contributed by atoms with Crippen molar-refractivity contribution in [2.75, 3.05) is 7.11 Å². The lowest BCUT2D eigenvalue weighted by Crippen LogP contribution is -2.59. The Morgan fingerprint density at radius 3 is 2.20 bits per heavy atom. The van der Waals surface area contributed by atoms with Gasteiger partial charge < -0.3 is 33.9 Å². The summed E-state index contributed by atoms with van der Waals surface area (Å²) in [5.74, 6) is -3.06. The van der Waals surface area contributed by atoms with Crippen molar-refractivity contribution in [3.8, 4) is 0 Å². The molecule has 0 unspecified atom stereocenters. The number of rotatable bonds is 5. The second kappa shape index (κ2) is 14.3. The zero-order valence-corrected chi connectivity index (χ0v) is 26.8. The van der Waals surface area contributed by atoms with E-state index >= 15 is 0 Å². The Hall–Kier alpha value is -1.59. The van der Waals surface area contributed by atoms with E-state index in [0.29, 0.717) is 12.8 Å². The number of methoxy groups -OCH3 is 1. The first-order valence-corrected chi connectivity index (χ1v) is 15.1. The van der Waals surface area contributed by atoms with Gasteiger partial charge in [-0.2, -0.15) is 0 Å². The number of ketones is 1. The van der Waals surface area contributed by atoms with Gasteiger partial charge in [0.15, 0.2) is 12.4 Å². The first-order chi connectivity index (χ1) is 18.9. The van der Waals surface area contributed by atoms with Gasteiger partial charge in [0.25, 0.3) is 0 Å². The lowest BCUT2D eigenvalue weighted by atomic mass is 9.76. The summed E-state index contributed by atoms with van der Waals surface area (Å²) in [5.41, 5.74) is -2.73.